The fourth-order valence-electron chi connectivity index (χ4n) is 2.72. The van der Waals surface area contributed by atoms with Gasteiger partial charge in [0.2, 0.25) is 6.79 Å². The summed E-state index contributed by atoms with van der Waals surface area (Å²) < 4.78 is 13.1. The van der Waals surface area contributed by atoms with Crippen molar-refractivity contribution in [2.75, 3.05) is 12.1 Å². The minimum atomic E-state index is -0.416. The van der Waals surface area contributed by atoms with Gasteiger partial charge in [-0.2, -0.15) is 0 Å². The molecule has 8 heteroatoms. The van der Waals surface area contributed by atoms with Crippen LogP contribution in [0.1, 0.15) is 0 Å². The molecule has 1 aliphatic heterocycles. The van der Waals surface area contributed by atoms with Crippen LogP contribution in [0.25, 0.3) is 11.0 Å². The van der Waals surface area contributed by atoms with Gasteiger partial charge >= 0.3 is 5.69 Å². The van der Waals surface area contributed by atoms with Gasteiger partial charge in [0.1, 0.15) is 5.39 Å². The lowest BCUT2D eigenvalue weighted by Gasteiger charge is -2.12. The molecule has 8 nitrogen and oxygen atoms in total. The van der Waals surface area contributed by atoms with Crippen LogP contribution < -0.4 is 26.0 Å². The number of hydrogen-bond acceptors (Lipinski definition) is 6. The van der Waals surface area contributed by atoms with E-state index in [9.17, 15) is 9.59 Å². The normalized spacial score (nSPS) is 12.6. The lowest BCUT2D eigenvalue weighted by atomic mass is 10.2. The quantitative estimate of drug-likeness (QED) is 0.759. The van der Waals surface area contributed by atoms with Crippen molar-refractivity contribution < 1.29 is 9.47 Å². The fraction of sp³-hybridized carbons (Fsp3) is 0.188. The van der Waals surface area contributed by atoms with Crippen LogP contribution in [0.5, 0.6) is 11.5 Å². The molecule has 0 bridgehead atoms. The maximum absolute atomic E-state index is 12.5. The summed E-state index contributed by atoms with van der Waals surface area (Å²) in [6.45, 7) is 0.194. The highest BCUT2D eigenvalue weighted by Crippen LogP contribution is 2.35. The molecule has 0 saturated heterocycles. The first-order valence-corrected chi connectivity index (χ1v) is 7.27. The van der Waals surface area contributed by atoms with Gasteiger partial charge in [-0.05, 0) is 18.2 Å². The molecule has 0 amide bonds. The van der Waals surface area contributed by atoms with Crippen molar-refractivity contribution in [2.45, 2.75) is 0 Å². The highest BCUT2D eigenvalue weighted by atomic mass is 16.7. The molecule has 122 valence electrons. The van der Waals surface area contributed by atoms with E-state index in [0.29, 0.717) is 28.2 Å². The SMILES string of the molecule is Cn1c(=O)c2c(Nc3ccc4c(c3)OCO4)ccnc2n(C)c1=O. The van der Waals surface area contributed by atoms with Gasteiger partial charge in [0.05, 0.1) is 5.69 Å². The average Bonchev–Trinajstić information content (AvgIpc) is 3.05. The summed E-state index contributed by atoms with van der Waals surface area (Å²) in [5.41, 5.74) is 0.816. The number of fused-ring (bicyclic) bond motifs is 2. The Kier molecular flexibility index (Phi) is 3.05. The number of aryl methyl sites for hydroxylation is 1. The Hall–Kier alpha value is -3.29. The zero-order valence-corrected chi connectivity index (χ0v) is 13.1. The van der Waals surface area contributed by atoms with E-state index < -0.39 is 11.2 Å². The van der Waals surface area contributed by atoms with Crippen LogP contribution in [0.3, 0.4) is 0 Å². The molecule has 0 fully saturated rings. The second kappa shape index (κ2) is 5.12. The topological polar surface area (TPSA) is 87.4 Å². The number of hydrogen-bond donors (Lipinski definition) is 1. The van der Waals surface area contributed by atoms with Crippen molar-refractivity contribution in [1.29, 1.82) is 0 Å². The third-order valence-corrected chi connectivity index (χ3v) is 3.99. The Bertz CT molecular complexity index is 1080. The number of nitrogens with zero attached hydrogens (tertiary/aromatic N) is 3. The van der Waals surface area contributed by atoms with E-state index in [4.69, 9.17) is 9.47 Å². The third-order valence-electron chi connectivity index (χ3n) is 3.99. The second-order valence-electron chi connectivity index (χ2n) is 5.46. The van der Waals surface area contributed by atoms with E-state index >= 15 is 0 Å². The number of pyridine rings is 1. The summed E-state index contributed by atoms with van der Waals surface area (Å²) >= 11 is 0. The first-order chi connectivity index (χ1) is 11.6. The van der Waals surface area contributed by atoms with Crippen LogP contribution in [0, 0.1) is 0 Å². The Morgan fingerprint density at radius 3 is 2.71 bits per heavy atom. The Labute approximate surface area is 135 Å². The van der Waals surface area contributed by atoms with Crippen LogP contribution >= 0.6 is 0 Å². The minimum absolute atomic E-state index is 0.194. The van der Waals surface area contributed by atoms with Crippen molar-refractivity contribution in [3.8, 4) is 11.5 Å². The Morgan fingerprint density at radius 1 is 1.08 bits per heavy atom. The summed E-state index contributed by atoms with van der Waals surface area (Å²) in [6, 6.07) is 7.11. The molecule has 3 heterocycles. The molecular weight excluding hydrogens is 312 g/mol. The lowest BCUT2D eigenvalue weighted by molar-refractivity contribution is 0.174. The first-order valence-electron chi connectivity index (χ1n) is 7.27. The van der Waals surface area contributed by atoms with Crippen LogP contribution in [0.2, 0.25) is 0 Å². The van der Waals surface area contributed by atoms with Gasteiger partial charge in [-0.25, -0.2) is 9.78 Å². The van der Waals surface area contributed by atoms with E-state index in [0.717, 1.165) is 10.3 Å². The molecule has 4 rings (SSSR count). The van der Waals surface area contributed by atoms with E-state index in [2.05, 4.69) is 10.3 Å². The summed E-state index contributed by atoms with van der Waals surface area (Å²) in [5.74, 6) is 1.32. The molecule has 1 aromatic carbocycles. The Balaban J connectivity index is 1.89. The van der Waals surface area contributed by atoms with Crippen molar-refractivity contribution in [1.82, 2.24) is 14.1 Å². The number of anilines is 2. The number of benzene rings is 1. The van der Waals surface area contributed by atoms with E-state index in [1.54, 1.807) is 31.4 Å². The van der Waals surface area contributed by atoms with Crippen molar-refractivity contribution in [3.63, 3.8) is 0 Å². The number of ether oxygens (including phenoxy) is 2. The van der Waals surface area contributed by atoms with Crippen molar-refractivity contribution in [2.24, 2.45) is 14.1 Å². The second-order valence-corrected chi connectivity index (χ2v) is 5.46. The first kappa shape index (κ1) is 14.3. The number of nitrogens with one attached hydrogen (secondary N) is 1. The summed E-state index contributed by atoms with van der Waals surface area (Å²) in [7, 11) is 3.03. The van der Waals surface area contributed by atoms with E-state index in [-0.39, 0.29) is 6.79 Å². The molecular formula is C16H14N4O4. The smallest absolute Gasteiger partial charge is 0.332 e. The minimum Gasteiger partial charge on any atom is -0.454 e. The molecule has 2 aromatic heterocycles. The fourth-order valence-corrected chi connectivity index (χ4v) is 2.72. The van der Waals surface area contributed by atoms with E-state index in [1.807, 2.05) is 6.07 Å². The molecule has 3 aromatic rings. The van der Waals surface area contributed by atoms with Gasteiger partial charge in [0.15, 0.2) is 17.1 Å². The van der Waals surface area contributed by atoms with E-state index in [1.165, 1.54) is 11.6 Å². The summed E-state index contributed by atoms with van der Waals surface area (Å²) in [6.07, 6.45) is 1.55. The lowest BCUT2D eigenvalue weighted by Crippen LogP contribution is -2.37. The molecule has 0 unspecified atom stereocenters. The van der Waals surface area contributed by atoms with Gasteiger partial charge in [-0.3, -0.25) is 13.9 Å². The van der Waals surface area contributed by atoms with Crippen molar-refractivity contribution in [3.05, 3.63) is 51.3 Å². The zero-order chi connectivity index (χ0) is 16.8. The highest BCUT2D eigenvalue weighted by Gasteiger charge is 2.16. The standard InChI is InChI=1S/C16H14N4O4/c1-19-14-13(15(21)20(2)16(19)22)10(5-6-17-14)18-9-3-4-11-12(7-9)24-8-23-11/h3-7H,8H2,1-2H3,(H,17,18). The molecule has 0 atom stereocenters. The van der Waals surface area contributed by atoms with Crippen LogP contribution in [-0.4, -0.2) is 20.9 Å². The molecule has 1 N–H and O–H groups in total. The Morgan fingerprint density at radius 2 is 1.88 bits per heavy atom. The van der Waals surface area contributed by atoms with Crippen LogP contribution in [0.15, 0.2) is 40.1 Å². The van der Waals surface area contributed by atoms with Gasteiger partial charge in [0, 0.05) is 32.0 Å². The molecule has 0 spiro atoms. The zero-order valence-electron chi connectivity index (χ0n) is 13.1. The highest BCUT2D eigenvalue weighted by molar-refractivity contribution is 5.90. The van der Waals surface area contributed by atoms with Gasteiger partial charge < -0.3 is 14.8 Å². The summed E-state index contributed by atoms with van der Waals surface area (Å²) in [4.78, 5) is 28.7. The molecule has 24 heavy (non-hydrogen) atoms. The molecule has 1 aliphatic rings. The van der Waals surface area contributed by atoms with Crippen molar-refractivity contribution >= 4 is 22.4 Å². The van der Waals surface area contributed by atoms with Crippen LogP contribution in [-0.2, 0) is 14.1 Å². The largest absolute Gasteiger partial charge is 0.454 e. The monoisotopic (exact) mass is 326 g/mol. The number of rotatable bonds is 2. The maximum atomic E-state index is 12.5. The third kappa shape index (κ3) is 2.03. The molecule has 0 aliphatic carbocycles. The maximum Gasteiger partial charge on any atom is 0.332 e. The number of aromatic nitrogens is 3. The average molecular weight is 326 g/mol. The van der Waals surface area contributed by atoms with Gasteiger partial charge in [-0.15, -0.1) is 0 Å². The summed E-state index contributed by atoms with van der Waals surface area (Å²) in [5, 5.41) is 3.53. The predicted molar refractivity (Wildman–Crippen MR) is 88.1 cm³/mol. The van der Waals surface area contributed by atoms with Gasteiger partial charge in [-0.1, -0.05) is 0 Å². The molecule has 0 saturated carbocycles. The molecule has 0 radical (unpaired) electrons. The predicted octanol–water partition coefficient (Wildman–Crippen LogP) is 1.10. The van der Waals surface area contributed by atoms with Crippen LogP contribution in [0.4, 0.5) is 11.4 Å². The van der Waals surface area contributed by atoms with Gasteiger partial charge in [0.25, 0.3) is 5.56 Å².